The van der Waals surface area contributed by atoms with E-state index in [0.29, 0.717) is 0 Å². The van der Waals surface area contributed by atoms with Crippen molar-refractivity contribution in [2.45, 2.75) is 23.9 Å². The van der Waals surface area contributed by atoms with Gasteiger partial charge in [0, 0.05) is 17.1 Å². The second-order valence-electron chi connectivity index (χ2n) is 5.13. The van der Waals surface area contributed by atoms with Crippen molar-refractivity contribution in [2.24, 2.45) is 0 Å². The van der Waals surface area contributed by atoms with Gasteiger partial charge in [0.15, 0.2) is 0 Å². The van der Waals surface area contributed by atoms with Crippen molar-refractivity contribution in [2.75, 3.05) is 11.6 Å². The second kappa shape index (κ2) is 6.33. The summed E-state index contributed by atoms with van der Waals surface area (Å²) in [5, 5.41) is 6.31. The predicted octanol–water partition coefficient (Wildman–Crippen LogP) is 3.06. The average Bonchev–Trinajstić information content (AvgIpc) is 2.54. The van der Waals surface area contributed by atoms with Crippen LogP contribution in [0.25, 0.3) is 0 Å². The Bertz CT molecular complexity index is 657. The van der Waals surface area contributed by atoms with Gasteiger partial charge in [-0.2, -0.15) is 0 Å². The van der Waals surface area contributed by atoms with E-state index in [0.717, 1.165) is 23.5 Å². The molecular weight excluding hydrogens is 280 g/mol. The molecule has 0 radical (unpaired) electrons. The van der Waals surface area contributed by atoms with Crippen LogP contribution in [0.5, 0.6) is 0 Å². The van der Waals surface area contributed by atoms with Gasteiger partial charge in [0.1, 0.15) is 0 Å². The second-order valence-corrected chi connectivity index (χ2v) is 6.01. The van der Waals surface area contributed by atoms with Crippen LogP contribution in [0.4, 0.5) is 5.69 Å². The lowest BCUT2D eigenvalue weighted by Gasteiger charge is -2.25. The van der Waals surface area contributed by atoms with Gasteiger partial charge in [-0.3, -0.25) is 4.79 Å². The number of hydrogen-bond donors (Lipinski definition) is 2. The van der Waals surface area contributed by atoms with E-state index < -0.39 is 0 Å². The molecule has 21 heavy (non-hydrogen) atoms. The third kappa shape index (κ3) is 3.28. The molecule has 3 rings (SSSR count). The van der Waals surface area contributed by atoms with Crippen LogP contribution in [-0.4, -0.2) is 18.2 Å². The summed E-state index contributed by atoms with van der Waals surface area (Å²) in [6.45, 7) is 0.749. The van der Waals surface area contributed by atoms with Gasteiger partial charge in [-0.05, 0) is 42.0 Å². The topological polar surface area (TPSA) is 41.1 Å². The van der Waals surface area contributed by atoms with E-state index in [2.05, 4.69) is 22.8 Å². The standard InChI is InChI=1S/C17H18N2OS/c1-21-15-8-4-7-14(10-15)19-17(20)16-9-12-5-2-3-6-13(12)11-18-16/h2-8,10,16,18H,9,11H2,1H3,(H,19,20)/t16-/m0/s1. The van der Waals surface area contributed by atoms with Gasteiger partial charge >= 0.3 is 0 Å². The number of thioether (sulfide) groups is 1. The molecular formula is C17H18N2OS. The summed E-state index contributed by atoms with van der Waals surface area (Å²) in [5.41, 5.74) is 3.40. The minimum Gasteiger partial charge on any atom is -0.325 e. The van der Waals surface area contributed by atoms with Gasteiger partial charge in [0.2, 0.25) is 5.91 Å². The van der Waals surface area contributed by atoms with E-state index in [4.69, 9.17) is 0 Å². The molecule has 4 heteroatoms. The number of fused-ring (bicyclic) bond motifs is 1. The van der Waals surface area contributed by atoms with Gasteiger partial charge < -0.3 is 10.6 Å². The molecule has 0 bridgehead atoms. The summed E-state index contributed by atoms with van der Waals surface area (Å²) in [6.07, 6.45) is 2.77. The Labute approximate surface area is 129 Å². The highest BCUT2D eigenvalue weighted by atomic mass is 32.2. The molecule has 0 saturated heterocycles. The third-order valence-electron chi connectivity index (χ3n) is 3.74. The van der Waals surface area contributed by atoms with Gasteiger partial charge in [0.25, 0.3) is 0 Å². The lowest BCUT2D eigenvalue weighted by Crippen LogP contribution is -2.44. The zero-order valence-electron chi connectivity index (χ0n) is 11.9. The average molecular weight is 298 g/mol. The van der Waals surface area contributed by atoms with Gasteiger partial charge in [0.05, 0.1) is 6.04 Å². The molecule has 2 N–H and O–H groups in total. The van der Waals surface area contributed by atoms with Crippen molar-refractivity contribution in [1.82, 2.24) is 5.32 Å². The number of amides is 1. The molecule has 0 spiro atoms. The number of benzene rings is 2. The Balaban J connectivity index is 1.69. The van der Waals surface area contributed by atoms with Crippen LogP contribution in [0.15, 0.2) is 53.4 Å². The van der Waals surface area contributed by atoms with Gasteiger partial charge in [-0.15, -0.1) is 11.8 Å². The highest BCUT2D eigenvalue weighted by Crippen LogP contribution is 2.20. The van der Waals surface area contributed by atoms with E-state index >= 15 is 0 Å². The quantitative estimate of drug-likeness (QED) is 0.856. The molecule has 1 heterocycles. The summed E-state index contributed by atoms with van der Waals surface area (Å²) in [4.78, 5) is 13.5. The molecule has 3 nitrogen and oxygen atoms in total. The molecule has 0 fully saturated rings. The number of carbonyl (C=O) groups excluding carboxylic acids is 1. The van der Waals surface area contributed by atoms with Gasteiger partial charge in [-0.25, -0.2) is 0 Å². The zero-order valence-corrected chi connectivity index (χ0v) is 12.7. The Morgan fingerprint density at radius 2 is 2.00 bits per heavy atom. The first-order chi connectivity index (χ1) is 10.3. The molecule has 1 amide bonds. The third-order valence-corrected chi connectivity index (χ3v) is 4.46. The smallest absolute Gasteiger partial charge is 0.241 e. The number of carbonyl (C=O) groups is 1. The Hall–Kier alpha value is -1.78. The molecule has 0 saturated carbocycles. The largest absolute Gasteiger partial charge is 0.325 e. The molecule has 0 unspecified atom stereocenters. The summed E-state index contributed by atoms with van der Waals surface area (Å²) >= 11 is 1.67. The highest BCUT2D eigenvalue weighted by molar-refractivity contribution is 7.98. The molecule has 0 aliphatic carbocycles. The van der Waals surface area contributed by atoms with Gasteiger partial charge in [-0.1, -0.05) is 30.3 Å². The minimum absolute atomic E-state index is 0.0303. The molecule has 108 valence electrons. The normalized spacial score (nSPS) is 17.1. The molecule has 2 aromatic carbocycles. The van der Waals surface area contributed by atoms with E-state index in [1.165, 1.54) is 11.1 Å². The van der Waals surface area contributed by atoms with Crippen molar-refractivity contribution in [3.63, 3.8) is 0 Å². The fraction of sp³-hybridized carbons (Fsp3) is 0.235. The zero-order chi connectivity index (χ0) is 14.7. The van der Waals surface area contributed by atoms with E-state index in [-0.39, 0.29) is 11.9 Å². The number of anilines is 1. The Kier molecular flexibility index (Phi) is 4.27. The summed E-state index contributed by atoms with van der Waals surface area (Å²) in [6, 6.07) is 16.0. The molecule has 1 atom stereocenters. The lowest BCUT2D eigenvalue weighted by atomic mass is 9.95. The van der Waals surface area contributed by atoms with Crippen molar-refractivity contribution in [3.05, 3.63) is 59.7 Å². The van der Waals surface area contributed by atoms with Crippen LogP contribution in [0.3, 0.4) is 0 Å². The van der Waals surface area contributed by atoms with Crippen LogP contribution in [0.1, 0.15) is 11.1 Å². The van der Waals surface area contributed by atoms with Crippen LogP contribution in [0.2, 0.25) is 0 Å². The lowest BCUT2D eigenvalue weighted by molar-refractivity contribution is -0.118. The first-order valence-corrected chi connectivity index (χ1v) is 8.24. The number of hydrogen-bond acceptors (Lipinski definition) is 3. The van der Waals surface area contributed by atoms with Crippen LogP contribution in [-0.2, 0) is 17.8 Å². The monoisotopic (exact) mass is 298 g/mol. The fourth-order valence-corrected chi connectivity index (χ4v) is 3.03. The predicted molar refractivity (Wildman–Crippen MR) is 87.6 cm³/mol. The minimum atomic E-state index is -0.169. The SMILES string of the molecule is CSc1cccc(NC(=O)[C@@H]2Cc3ccccc3CN2)c1. The highest BCUT2D eigenvalue weighted by Gasteiger charge is 2.23. The Morgan fingerprint density at radius 1 is 1.19 bits per heavy atom. The van der Waals surface area contributed by atoms with E-state index in [1.807, 2.05) is 42.7 Å². The maximum Gasteiger partial charge on any atom is 0.241 e. The summed E-state index contributed by atoms with van der Waals surface area (Å²) in [7, 11) is 0. The van der Waals surface area contributed by atoms with E-state index in [9.17, 15) is 4.79 Å². The summed E-state index contributed by atoms with van der Waals surface area (Å²) in [5.74, 6) is 0.0303. The number of rotatable bonds is 3. The molecule has 1 aliphatic rings. The Morgan fingerprint density at radius 3 is 2.81 bits per heavy atom. The molecule has 2 aromatic rings. The van der Waals surface area contributed by atoms with Crippen LogP contribution in [0, 0.1) is 0 Å². The first kappa shape index (κ1) is 14.2. The molecule has 1 aliphatic heterocycles. The van der Waals surface area contributed by atoms with Crippen molar-refractivity contribution in [3.8, 4) is 0 Å². The van der Waals surface area contributed by atoms with Crippen molar-refractivity contribution in [1.29, 1.82) is 0 Å². The maximum absolute atomic E-state index is 12.4. The first-order valence-electron chi connectivity index (χ1n) is 7.01. The van der Waals surface area contributed by atoms with Crippen LogP contribution < -0.4 is 10.6 Å². The van der Waals surface area contributed by atoms with Crippen molar-refractivity contribution >= 4 is 23.4 Å². The van der Waals surface area contributed by atoms with Crippen molar-refractivity contribution < 1.29 is 4.79 Å². The molecule has 0 aromatic heterocycles. The fourth-order valence-electron chi connectivity index (χ4n) is 2.57. The van der Waals surface area contributed by atoms with Crippen LogP contribution >= 0.6 is 11.8 Å². The number of nitrogens with one attached hydrogen (secondary N) is 2. The summed E-state index contributed by atoms with van der Waals surface area (Å²) < 4.78 is 0. The maximum atomic E-state index is 12.4. The van der Waals surface area contributed by atoms with E-state index in [1.54, 1.807) is 11.8 Å².